The molecule has 0 aromatic heterocycles. The molecule has 0 bridgehead atoms. The highest BCUT2D eigenvalue weighted by molar-refractivity contribution is 7.89. The van der Waals surface area contributed by atoms with Gasteiger partial charge in [-0.15, -0.1) is 0 Å². The predicted octanol–water partition coefficient (Wildman–Crippen LogP) is 2.51. The molecule has 1 atom stereocenters. The highest BCUT2D eigenvalue weighted by atomic mass is 35.5. The number of carboxylic acids is 1. The number of benzene rings is 1. The molecule has 0 saturated carbocycles. The number of aromatic carboxylic acids is 1. The molecule has 1 rings (SSSR count). The third-order valence-corrected chi connectivity index (χ3v) is 4.47. The summed E-state index contributed by atoms with van der Waals surface area (Å²) in [5.74, 6) is -1.26. The summed E-state index contributed by atoms with van der Waals surface area (Å²) in [4.78, 5) is 10.8. The lowest BCUT2D eigenvalue weighted by Crippen LogP contribution is -2.32. The van der Waals surface area contributed by atoms with E-state index in [2.05, 4.69) is 4.72 Å². The van der Waals surface area contributed by atoms with Crippen molar-refractivity contribution in [3.8, 4) is 0 Å². The Balaban J connectivity index is 3.08. The third kappa shape index (κ3) is 4.19. The Kier molecular flexibility index (Phi) is 5.34. The summed E-state index contributed by atoms with van der Waals surface area (Å²) in [7, 11) is -3.73. The van der Waals surface area contributed by atoms with E-state index in [1.807, 2.05) is 6.92 Å². The highest BCUT2D eigenvalue weighted by Gasteiger charge is 2.20. The van der Waals surface area contributed by atoms with Gasteiger partial charge in [0.05, 0.1) is 15.5 Å². The summed E-state index contributed by atoms with van der Waals surface area (Å²) in [6.07, 6.45) is 1.56. The van der Waals surface area contributed by atoms with Crippen LogP contribution in [0.2, 0.25) is 5.02 Å². The lowest BCUT2D eigenvalue weighted by molar-refractivity contribution is 0.0697. The van der Waals surface area contributed by atoms with E-state index < -0.39 is 16.0 Å². The Morgan fingerprint density at radius 2 is 2.11 bits per heavy atom. The molecular formula is C12H16ClNO4S. The number of rotatable bonds is 6. The summed E-state index contributed by atoms with van der Waals surface area (Å²) in [6, 6.07) is 3.41. The zero-order chi connectivity index (χ0) is 14.6. The topological polar surface area (TPSA) is 83.5 Å². The van der Waals surface area contributed by atoms with Crippen molar-refractivity contribution in [2.24, 2.45) is 0 Å². The minimum Gasteiger partial charge on any atom is -0.478 e. The van der Waals surface area contributed by atoms with Crippen LogP contribution in [-0.2, 0) is 10.0 Å². The van der Waals surface area contributed by atoms with E-state index in [-0.39, 0.29) is 21.5 Å². The third-order valence-electron chi connectivity index (χ3n) is 2.56. The van der Waals surface area contributed by atoms with Gasteiger partial charge in [-0.1, -0.05) is 24.9 Å². The number of carbonyl (C=O) groups is 1. The fourth-order valence-electron chi connectivity index (χ4n) is 1.66. The molecule has 0 saturated heterocycles. The van der Waals surface area contributed by atoms with Gasteiger partial charge in [-0.25, -0.2) is 17.9 Å². The molecule has 0 amide bonds. The van der Waals surface area contributed by atoms with Crippen molar-refractivity contribution in [2.75, 3.05) is 0 Å². The van der Waals surface area contributed by atoms with E-state index in [0.717, 1.165) is 12.5 Å². The Morgan fingerprint density at radius 3 is 2.63 bits per heavy atom. The molecule has 2 N–H and O–H groups in total. The van der Waals surface area contributed by atoms with Crippen molar-refractivity contribution in [1.82, 2.24) is 4.72 Å². The molecule has 0 fully saturated rings. The molecule has 1 aromatic rings. The molecule has 5 nitrogen and oxygen atoms in total. The van der Waals surface area contributed by atoms with Crippen LogP contribution in [0, 0.1) is 0 Å². The second kappa shape index (κ2) is 6.36. The van der Waals surface area contributed by atoms with Crippen LogP contribution >= 0.6 is 11.6 Å². The quantitative estimate of drug-likeness (QED) is 0.846. The van der Waals surface area contributed by atoms with Crippen molar-refractivity contribution < 1.29 is 18.3 Å². The maximum atomic E-state index is 12.1. The molecule has 0 aliphatic heterocycles. The second-order valence-corrected chi connectivity index (χ2v) is 6.38. The summed E-state index contributed by atoms with van der Waals surface area (Å²) in [5.41, 5.74) is -0.229. The van der Waals surface area contributed by atoms with Crippen LogP contribution in [-0.4, -0.2) is 25.5 Å². The number of carboxylic acid groups (broad SMARTS) is 1. The van der Waals surface area contributed by atoms with Crippen LogP contribution < -0.4 is 4.72 Å². The van der Waals surface area contributed by atoms with Gasteiger partial charge in [0.15, 0.2) is 0 Å². The van der Waals surface area contributed by atoms with Crippen LogP contribution in [0.5, 0.6) is 0 Å². The average Bonchev–Trinajstić information content (AvgIpc) is 2.28. The first kappa shape index (κ1) is 15.9. The van der Waals surface area contributed by atoms with Crippen LogP contribution in [0.25, 0.3) is 0 Å². The fraction of sp³-hybridized carbons (Fsp3) is 0.417. The van der Waals surface area contributed by atoms with Crippen molar-refractivity contribution in [3.63, 3.8) is 0 Å². The van der Waals surface area contributed by atoms with Crippen molar-refractivity contribution in [2.45, 2.75) is 37.6 Å². The normalized spacial score (nSPS) is 13.2. The molecule has 0 heterocycles. The standard InChI is InChI=1S/C12H16ClNO4S/c1-3-4-8(2)14-19(17,18)9-5-6-11(13)10(7-9)12(15)16/h5-8,14H,3-4H2,1-2H3,(H,15,16). The first-order chi connectivity index (χ1) is 8.77. The first-order valence-corrected chi connectivity index (χ1v) is 7.69. The monoisotopic (exact) mass is 305 g/mol. The summed E-state index contributed by atoms with van der Waals surface area (Å²) in [5, 5.41) is 8.93. The van der Waals surface area contributed by atoms with E-state index in [4.69, 9.17) is 16.7 Å². The average molecular weight is 306 g/mol. The number of halogens is 1. The zero-order valence-electron chi connectivity index (χ0n) is 10.7. The van der Waals surface area contributed by atoms with Gasteiger partial charge in [0, 0.05) is 6.04 Å². The lowest BCUT2D eigenvalue weighted by Gasteiger charge is -2.13. The van der Waals surface area contributed by atoms with Gasteiger partial charge < -0.3 is 5.11 Å². The van der Waals surface area contributed by atoms with Gasteiger partial charge in [-0.3, -0.25) is 0 Å². The molecule has 106 valence electrons. The van der Waals surface area contributed by atoms with Crippen molar-refractivity contribution in [1.29, 1.82) is 0 Å². The molecule has 7 heteroatoms. The van der Waals surface area contributed by atoms with E-state index in [1.54, 1.807) is 6.92 Å². The molecule has 1 aromatic carbocycles. The Labute approximate surface area is 117 Å². The Hall–Kier alpha value is -1.11. The molecule has 1 unspecified atom stereocenters. The van der Waals surface area contributed by atoms with Gasteiger partial charge in [-0.05, 0) is 31.5 Å². The van der Waals surface area contributed by atoms with Gasteiger partial charge >= 0.3 is 5.97 Å². The van der Waals surface area contributed by atoms with E-state index in [9.17, 15) is 13.2 Å². The smallest absolute Gasteiger partial charge is 0.337 e. The molecule has 0 spiro atoms. The van der Waals surface area contributed by atoms with Gasteiger partial charge in [-0.2, -0.15) is 0 Å². The molecule has 0 aliphatic carbocycles. The van der Waals surface area contributed by atoms with Crippen molar-refractivity contribution >= 4 is 27.6 Å². The van der Waals surface area contributed by atoms with Gasteiger partial charge in [0.2, 0.25) is 10.0 Å². The Bertz CT molecular complexity index is 571. The highest BCUT2D eigenvalue weighted by Crippen LogP contribution is 2.20. The molecular weight excluding hydrogens is 290 g/mol. The maximum absolute atomic E-state index is 12.1. The lowest BCUT2D eigenvalue weighted by atomic mass is 10.2. The molecule has 0 radical (unpaired) electrons. The number of hydrogen-bond donors (Lipinski definition) is 2. The first-order valence-electron chi connectivity index (χ1n) is 5.83. The zero-order valence-corrected chi connectivity index (χ0v) is 12.3. The minimum atomic E-state index is -3.73. The van der Waals surface area contributed by atoms with Crippen LogP contribution in [0.1, 0.15) is 37.0 Å². The summed E-state index contributed by atoms with van der Waals surface area (Å²) in [6.45, 7) is 3.71. The second-order valence-electron chi connectivity index (χ2n) is 4.26. The van der Waals surface area contributed by atoms with Gasteiger partial charge in [0.25, 0.3) is 0 Å². The molecule has 0 aliphatic rings. The van der Waals surface area contributed by atoms with Gasteiger partial charge in [0.1, 0.15) is 0 Å². The van der Waals surface area contributed by atoms with E-state index in [0.29, 0.717) is 6.42 Å². The van der Waals surface area contributed by atoms with Crippen LogP contribution in [0.4, 0.5) is 0 Å². The fourth-order valence-corrected chi connectivity index (χ4v) is 3.16. The number of sulfonamides is 1. The summed E-state index contributed by atoms with van der Waals surface area (Å²) >= 11 is 5.70. The predicted molar refractivity (Wildman–Crippen MR) is 73.1 cm³/mol. The Morgan fingerprint density at radius 1 is 1.47 bits per heavy atom. The largest absolute Gasteiger partial charge is 0.478 e. The van der Waals surface area contributed by atoms with Crippen LogP contribution in [0.3, 0.4) is 0 Å². The number of hydrogen-bond acceptors (Lipinski definition) is 3. The van der Waals surface area contributed by atoms with E-state index >= 15 is 0 Å². The SMILES string of the molecule is CCCC(C)NS(=O)(=O)c1ccc(Cl)c(C(=O)O)c1. The minimum absolute atomic E-state index is 0.00746. The number of nitrogens with one attached hydrogen (secondary N) is 1. The maximum Gasteiger partial charge on any atom is 0.337 e. The summed E-state index contributed by atoms with van der Waals surface area (Å²) < 4.78 is 26.6. The van der Waals surface area contributed by atoms with Crippen molar-refractivity contribution in [3.05, 3.63) is 28.8 Å². The van der Waals surface area contributed by atoms with E-state index in [1.165, 1.54) is 12.1 Å². The van der Waals surface area contributed by atoms with Crippen LogP contribution in [0.15, 0.2) is 23.1 Å². The molecule has 19 heavy (non-hydrogen) atoms.